The molecule has 3 amide bonds. The topological polar surface area (TPSA) is 101 Å². The molecule has 0 heterocycles. The minimum atomic E-state index is -0.991. The molecule has 28 heavy (non-hydrogen) atoms. The van der Waals surface area contributed by atoms with Gasteiger partial charge in [0.25, 0.3) is 0 Å². The molecule has 0 radical (unpaired) electrons. The van der Waals surface area contributed by atoms with Gasteiger partial charge in [-0.1, -0.05) is 35.9 Å². The van der Waals surface area contributed by atoms with Crippen molar-refractivity contribution < 1.29 is 18.8 Å². The standard InChI is InChI=1S/C20H21ClFN3O3/c1-12(26)24-18(11-14-5-3-7-16(22)9-14)20(28)25-17(19(23)27)10-13-4-2-6-15(21)8-13/h2-9,17-18H,10-11H2,1H3,(H2,23,27)(H,24,26)(H,25,28)/t17-,18-/m1/s1. The van der Waals surface area contributed by atoms with E-state index in [4.69, 9.17) is 17.3 Å². The summed E-state index contributed by atoms with van der Waals surface area (Å²) >= 11 is 5.94. The maximum Gasteiger partial charge on any atom is 0.243 e. The molecule has 2 aromatic carbocycles. The van der Waals surface area contributed by atoms with Crippen LogP contribution in [0.3, 0.4) is 0 Å². The molecule has 0 saturated heterocycles. The van der Waals surface area contributed by atoms with Gasteiger partial charge in [-0.25, -0.2) is 4.39 Å². The summed E-state index contributed by atoms with van der Waals surface area (Å²) in [5.41, 5.74) is 6.67. The molecule has 0 aliphatic carbocycles. The van der Waals surface area contributed by atoms with Crippen molar-refractivity contribution in [1.29, 1.82) is 0 Å². The van der Waals surface area contributed by atoms with Gasteiger partial charge in [-0.05, 0) is 35.4 Å². The van der Waals surface area contributed by atoms with E-state index in [1.165, 1.54) is 25.1 Å². The first-order valence-electron chi connectivity index (χ1n) is 8.60. The first kappa shape index (κ1) is 21.4. The Kier molecular flexibility index (Phi) is 7.52. The maximum atomic E-state index is 13.4. The molecule has 0 fully saturated rings. The van der Waals surface area contributed by atoms with Gasteiger partial charge in [0, 0.05) is 24.8 Å². The zero-order chi connectivity index (χ0) is 20.7. The van der Waals surface area contributed by atoms with E-state index in [-0.39, 0.29) is 12.8 Å². The smallest absolute Gasteiger partial charge is 0.243 e. The lowest BCUT2D eigenvalue weighted by Gasteiger charge is -2.22. The predicted octanol–water partition coefficient (Wildman–Crippen LogP) is 1.74. The third kappa shape index (κ3) is 6.66. The second-order valence-electron chi connectivity index (χ2n) is 6.38. The highest BCUT2D eigenvalue weighted by Gasteiger charge is 2.25. The summed E-state index contributed by atoms with van der Waals surface area (Å²) in [6.07, 6.45) is 0.209. The average molecular weight is 406 g/mol. The van der Waals surface area contributed by atoms with Crippen molar-refractivity contribution in [2.45, 2.75) is 31.8 Å². The number of benzene rings is 2. The fourth-order valence-electron chi connectivity index (χ4n) is 2.75. The van der Waals surface area contributed by atoms with Crippen LogP contribution in [0.15, 0.2) is 48.5 Å². The number of primary amides is 1. The number of hydrogen-bond donors (Lipinski definition) is 3. The van der Waals surface area contributed by atoms with Gasteiger partial charge in [0.1, 0.15) is 17.9 Å². The molecule has 0 bridgehead atoms. The van der Waals surface area contributed by atoms with Crippen LogP contribution in [0.2, 0.25) is 5.02 Å². The number of halogens is 2. The van der Waals surface area contributed by atoms with Crippen molar-refractivity contribution in [2.24, 2.45) is 5.73 Å². The number of amides is 3. The molecule has 148 valence electrons. The molecule has 0 aromatic heterocycles. The Morgan fingerprint density at radius 1 is 1.00 bits per heavy atom. The van der Waals surface area contributed by atoms with E-state index >= 15 is 0 Å². The van der Waals surface area contributed by atoms with Crippen molar-refractivity contribution in [3.8, 4) is 0 Å². The van der Waals surface area contributed by atoms with Crippen LogP contribution in [-0.2, 0) is 27.2 Å². The normalized spacial score (nSPS) is 12.7. The average Bonchev–Trinajstić information content (AvgIpc) is 2.60. The van der Waals surface area contributed by atoms with Gasteiger partial charge in [-0.2, -0.15) is 0 Å². The van der Waals surface area contributed by atoms with Crippen molar-refractivity contribution in [2.75, 3.05) is 0 Å². The summed E-state index contributed by atoms with van der Waals surface area (Å²) in [4.78, 5) is 36.0. The minimum Gasteiger partial charge on any atom is -0.368 e. The Labute approximate surface area is 167 Å². The lowest BCUT2D eigenvalue weighted by atomic mass is 10.0. The van der Waals surface area contributed by atoms with Crippen LogP contribution in [-0.4, -0.2) is 29.8 Å². The summed E-state index contributed by atoms with van der Waals surface area (Å²) in [5.74, 6) is -2.19. The summed E-state index contributed by atoms with van der Waals surface area (Å²) < 4.78 is 13.4. The van der Waals surface area contributed by atoms with E-state index < -0.39 is 35.6 Å². The Hall–Kier alpha value is -2.93. The monoisotopic (exact) mass is 405 g/mol. The van der Waals surface area contributed by atoms with Crippen molar-refractivity contribution in [1.82, 2.24) is 10.6 Å². The molecule has 6 nitrogen and oxygen atoms in total. The van der Waals surface area contributed by atoms with E-state index in [0.717, 1.165) is 5.56 Å². The van der Waals surface area contributed by atoms with Crippen LogP contribution in [0.4, 0.5) is 4.39 Å². The van der Waals surface area contributed by atoms with E-state index in [1.54, 1.807) is 30.3 Å². The molecule has 0 aliphatic rings. The summed E-state index contributed by atoms with van der Waals surface area (Å²) in [6.45, 7) is 1.27. The summed E-state index contributed by atoms with van der Waals surface area (Å²) in [5, 5.41) is 5.57. The Bertz CT molecular complexity index is 875. The highest BCUT2D eigenvalue weighted by Crippen LogP contribution is 2.13. The van der Waals surface area contributed by atoms with E-state index in [0.29, 0.717) is 10.6 Å². The molecule has 0 aliphatic heterocycles. The van der Waals surface area contributed by atoms with Crippen LogP contribution in [0.1, 0.15) is 18.1 Å². The fourth-order valence-corrected chi connectivity index (χ4v) is 2.96. The molecule has 8 heteroatoms. The van der Waals surface area contributed by atoms with E-state index in [9.17, 15) is 18.8 Å². The zero-order valence-corrected chi connectivity index (χ0v) is 16.0. The molecule has 4 N–H and O–H groups in total. The van der Waals surface area contributed by atoms with E-state index in [2.05, 4.69) is 10.6 Å². The quantitative estimate of drug-likeness (QED) is 0.623. The number of hydrogen-bond acceptors (Lipinski definition) is 3. The SMILES string of the molecule is CC(=O)N[C@H](Cc1cccc(F)c1)C(=O)N[C@H](Cc1cccc(Cl)c1)C(N)=O. The van der Waals surface area contributed by atoms with E-state index in [1.807, 2.05) is 0 Å². The van der Waals surface area contributed by atoms with Gasteiger partial charge >= 0.3 is 0 Å². The van der Waals surface area contributed by atoms with Crippen LogP contribution >= 0.6 is 11.6 Å². The van der Waals surface area contributed by atoms with Crippen molar-refractivity contribution in [3.05, 3.63) is 70.5 Å². The molecule has 2 atom stereocenters. The Morgan fingerprint density at radius 2 is 1.61 bits per heavy atom. The highest BCUT2D eigenvalue weighted by molar-refractivity contribution is 6.30. The second kappa shape index (κ2) is 9.85. The molecule has 0 spiro atoms. The van der Waals surface area contributed by atoms with Gasteiger partial charge in [-0.3, -0.25) is 14.4 Å². The first-order valence-corrected chi connectivity index (χ1v) is 8.98. The second-order valence-corrected chi connectivity index (χ2v) is 6.82. The van der Waals surface area contributed by atoms with Crippen LogP contribution < -0.4 is 16.4 Å². The lowest BCUT2D eigenvalue weighted by Crippen LogP contribution is -2.54. The summed E-state index contributed by atoms with van der Waals surface area (Å²) in [7, 11) is 0. The largest absolute Gasteiger partial charge is 0.368 e. The molecule has 0 unspecified atom stereocenters. The van der Waals surface area contributed by atoms with Crippen LogP contribution in [0.5, 0.6) is 0 Å². The third-order valence-electron chi connectivity index (χ3n) is 4.01. The van der Waals surface area contributed by atoms with Gasteiger partial charge < -0.3 is 16.4 Å². The number of rotatable bonds is 8. The number of carbonyl (C=O) groups excluding carboxylic acids is 3. The highest BCUT2D eigenvalue weighted by atomic mass is 35.5. The van der Waals surface area contributed by atoms with Gasteiger partial charge in [-0.15, -0.1) is 0 Å². The maximum absolute atomic E-state index is 13.4. The zero-order valence-electron chi connectivity index (χ0n) is 15.2. The molecule has 2 aromatic rings. The lowest BCUT2D eigenvalue weighted by molar-refractivity contribution is -0.130. The summed E-state index contributed by atoms with van der Waals surface area (Å²) in [6, 6.07) is 10.6. The molecular weight excluding hydrogens is 385 g/mol. The number of nitrogens with one attached hydrogen (secondary N) is 2. The van der Waals surface area contributed by atoms with Crippen LogP contribution in [0, 0.1) is 5.82 Å². The van der Waals surface area contributed by atoms with Gasteiger partial charge in [0.15, 0.2) is 0 Å². The first-order chi connectivity index (χ1) is 13.2. The Balaban J connectivity index is 2.14. The molecule has 0 saturated carbocycles. The number of carbonyl (C=O) groups is 3. The Morgan fingerprint density at radius 3 is 2.18 bits per heavy atom. The minimum absolute atomic E-state index is 0.0613. The third-order valence-corrected chi connectivity index (χ3v) is 4.25. The van der Waals surface area contributed by atoms with Gasteiger partial charge in [0.05, 0.1) is 0 Å². The van der Waals surface area contributed by atoms with Crippen LogP contribution in [0.25, 0.3) is 0 Å². The van der Waals surface area contributed by atoms with Crippen molar-refractivity contribution in [3.63, 3.8) is 0 Å². The fraction of sp³-hybridized carbons (Fsp3) is 0.250. The number of nitrogens with two attached hydrogens (primary N) is 1. The van der Waals surface area contributed by atoms with Crippen molar-refractivity contribution >= 4 is 29.3 Å². The predicted molar refractivity (Wildman–Crippen MR) is 104 cm³/mol. The van der Waals surface area contributed by atoms with Gasteiger partial charge in [0.2, 0.25) is 17.7 Å². The molecule has 2 rings (SSSR count). The molecular formula is C20H21ClFN3O3.